The minimum atomic E-state index is -0.129. The molecule has 2 atom stereocenters. The van der Waals surface area contributed by atoms with Crippen molar-refractivity contribution in [1.29, 1.82) is 0 Å². The van der Waals surface area contributed by atoms with Crippen LogP contribution in [0.4, 0.5) is 11.4 Å². The van der Waals surface area contributed by atoms with Gasteiger partial charge in [-0.3, -0.25) is 4.79 Å². The number of carbonyl (C=O) groups is 1. The SMILES string of the molecule is CC(C(=O)C(C)N1CCCc2cc(Br)ccc21)N1CCCc2cc(Br)ccc21. The lowest BCUT2D eigenvalue weighted by atomic mass is 9.95. The third kappa shape index (κ3) is 3.76. The van der Waals surface area contributed by atoms with Crippen LogP contribution in [0.3, 0.4) is 0 Å². The van der Waals surface area contributed by atoms with Gasteiger partial charge in [-0.05, 0) is 87.1 Å². The number of halogens is 2. The maximum atomic E-state index is 13.5. The van der Waals surface area contributed by atoms with Crippen molar-refractivity contribution in [1.82, 2.24) is 0 Å². The normalized spacial score (nSPS) is 18.3. The number of fused-ring (bicyclic) bond motifs is 2. The minimum Gasteiger partial charge on any atom is -0.361 e. The Morgan fingerprint density at radius 2 is 1.25 bits per heavy atom. The topological polar surface area (TPSA) is 23.6 Å². The quantitative estimate of drug-likeness (QED) is 0.527. The molecule has 2 heterocycles. The maximum Gasteiger partial charge on any atom is 0.176 e. The van der Waals surface area contributed by atoms with Crippen molar-refractivity contribution in [2.75, 3.05) is 22.9 Å². The highest BCUT2D eigenvalue weighted by Gasteiger charge is 2.33. The van der Waals surface area contributed by atoms with Crippen LogP contribution in [0, 0.1) is 0 Å². The van der Waals surface area contributed by atoms with Crippen molar-refractivity contribution in [2.45, 2.75) is 51.6 Å². The third-order valence-electron chi connectivity index (χ3n) is 6.15. The molecule has 0 saturated carbocycles. The lowest BCUT2D eigenvalue weighted by Crippen LogP contribution is -2.51. The van der Waals surface area contributed by atoms with Gasteiger partial charge in [-0.15, -0.1) is 0 Å². The summed E-state index contributed by atoms with van der Waals surface area (Å²) in [6, 6.07) is 12.6. The standard InChI is InChI=1S/C23H26Br2N2O/c1-15(26-11-3-5-17-13-19(24)7-9-21(17)26)23(28)16(2)27-12-4-6-18-14-20(25)8-10-22(18)27/h7-10,13-16H,3-6,11-12H2,1-2H3. The van der Waals surface area contributed by atoms with Crippen molar-refractivity contribution in [2.24, 2.45) is 0 Å². The Morgan fingerprint density at radius 1 is 0.821 bits per heavy atom. The second-order valence-corrected chi connectivity index (χ2v) is 9.73. The van der Waals surface area contributed by atoms with Crippen molar-refractivity contribution < 1.29 is 4.79 Å². The molecule has 5 heteroatoms. The lowest BCUT2D eigenvalue weighted by Gasteiger charge is -2.40. The first kappa shape index (κ1) is 20.0. The van der Waals surface area contributed by atoms with Gasteiger partial charge in [-0.1, -0.05) is 31.9 Å². The minimum absolute atomic E-state index is 0.129. The monoisotopic (exact) mass is 504 g/mol. The molecule has 0 radical (unpaired) electrons. The van der Waals surface area contributed by atoms with Gasteiger partial charge in [0, 0.05) is 33.4 Å². The summed E-state index contributed by atoms with van der Waals surface area (Å²) in [6.45, 7) is 6.03. The molecule has 0 spiro atoms. The molecule has 4 rings (SSSR count). The number of nitrogens with zero attached hydrogens (tertiary/aromatic N) is 2. The molecule has 0 bridgehead atoms. The van der Waals surface area contributed by atoms with Crippen molar-refractivity contribution >= 4 is 49.0 Å². The van der Waals surface area contributed by atoms with Crippen LogP contribution in [-0.2, 0) is 17.6 Å². The molecule has 2 aliphatic heterocycles. The molecule has 0 saturated heterocycles. The summed E-state index contributed by atoms with van der Waals surface area (Å²) in [6.07, 6.45) is 4.35. The van der Waals surface area contributed by atoms with Crippen LogP contribution >= 0.6 is 31.9 Å². The first-order chi connectivity index (χ1) is 13.5. The Morgan fingerprint density at radius 3 is 1.68 bits per heavy atom. The Kier molecular flexibility index (Phi) is 5.84. The van der Waals surface area contributed by atoms with E-state index in [-0.39, 0.29) is 12.1 Å². The summed E-state index contributed by atoms with van der Waals surface area (Å²) >= 11 is 7.15. The predicted octanol–water partition coefficient (Wildman–Crippen LogP) is 5.76. The number of anilines is 2. The Balaban J connectivity index is 1.57. The van der Waals surface area contributed by atoms with E-state index in [9.17, 15) is 4.79 Å². The first-order valence-electron chi connectivity index (χ1n) is 10.1. The molecule has 28 heavy (non-hydrogen) atoms. The van der Waals surface area contributed by atoms with Crippen LogP contribution < -0.4 is 9.80 Å². The lowest BCUT2D eigenvalue weighted by molar-refractivity contribution is -0.121. The second kappa shape index (κ2) is 8.19. The molecular formula is C23H26Br2N2O. The number of aryl methyl sites for hydroxylation is 2. The van der Waals surface area contributed by atoms with Crippen LogP contribution in [0.2, 0.25) is 0 Å². The average molecular weight is 506 g/mol. The smallest absolute Gasteiger partial charge is 0.176 e. The molecule has 2 aromatic rings. The highest BCUT2D eigenvalue weighted by Crippen LogP contribution is 2.34. The highest BCUT2D eigenvalue weighted by molar-refractivity contribution is 9.10. The van der Waals surface area contributed by atoms with Gasteiger partial charge in [0.05, 0.1) is 12.1 Å². The average Bonchev–Trinajstić information content (AvgIpc) is 2.70. The van der Waals surface area contributed by atoms with E-state index >= 15 is 0 Å². The van der Waals surface area contributed by atoms with Crippen LogP contribution in [0.1, 0.15) is 37.8 Å². The van der Waals surface area contributed by atoms with E-state index in [2.05, 4.69) is 91.9 Å². The number of benzene rings is 2. The van der Waals surface area contributed by atoms with Crippen LogP contribution in [-0.4, -0.2) is 31.0 Å². The number of Topliss-reactive ketones (excluding diaryl/α,β-unsaturated/α-hetero) is 1. The van der Waals surface area contributed by atoms with E-state index in [1.54, 1.807) is 0 Å². The summed E-state index contributed by atoms with van der Waals surface area (Å²) in [5.41, 5.74) is 5.10. The summed E-state index contributed by atoms with van der Waals surface area (Å²) in [7, 11) is 0. The summed E-state index contributed by atoms with van der Waals surface area (Å²) in [5.74, 6) is 0.298. The Hall–Kier alpha value is -1.33. The van der Waals surface area contributed by atoms with Gasteiger partial charge in [0.2, 0.25) is 0 Å². The van der Waals surface area contributed by atoms with Gasteiger partial charge in [0.25, 0.3) is 0 Å². The molecule has 148 valence electrons. The predicted molar refractivity (Wildman–Crippen MR) is 124 cm³/mol. The van der Waals surface area contributed by atoms with E-state index < -0.39 is 0 Å². The number of hydrogen-bond donors (Lipinski definition) is 0. The molecule has 0 amide bonds. The van der Waals surface area contributed by atoms with E-state index in [0.717, 1.165) is 47.7 Å². The fourth-order valence-electron chi connectivity index (χ4n) is 4.65. The number of ketones is 1. The number of hydrogen-bond acceptors (Lipinski definition) is 3. The molecule has 2 aromatic carbocycles. The van der Waals surface area contributed by atoms with Gasteiger partial charge < -0.3 is 9.80 Å². The molecule has 0 aliphatic carbocycles. The van der Waals surface area contributed by atoms with Gasteiger partial charge in [0.1, 0.15) is 0 Å². The Labute approximate surface area is 184 Å². The van der Waals surface area contributed by atoms with Crippen molar-refractivity contribution in [3.05, 3.63) is 56.5 Å². The largest absolute Gasteiger partial charge is 0.361 e. The fourth-order valence-corrected chi connectivity index (χ4v) is 5.47. The number of carbonyl (C=O) groups excluding carboxylic acids is 1. The van der Waals surface area contributed by atoms with Crippen LogP contribution in [0.5, 0.6) is 0 Å². The third-order valence-corrected chi connectivity index (χ3v) is 7.14. The second-order valence-electron chi connectivity index (χ2n) is 7.89. The van der Waals surface area contributed by atoms with Crippen molar-refractivity contribution in [3.8, 4) is 0 Å². The van der Waals surface area contributed by atoms with Gasteiger partial charge >= 0.3 is 0 Å². The summed E-state index contributed by atoms with van der Waals surface area (Å²) in [5, 5.41) is 0. The molecule has 0 aromatic heterocycles. The zero-order valence-corrected chi connectivity index (χ0v) is 19.6. The fraction of sp³-hybridized carbons (Fsp3) is 0.435. The molecular weight excluding hydrogens is 480 g/mol. The van der Waals surface area contributed by atoms with Crippen LogP contribution in [0.15, 0.2) is 45.3 Å². The maximum absolute atomic E-state index is 13.5. The molecule has 2 aliphatic rings. The zero-order valence-electron chi connectivity index (χ0n) is 16.4. The highest BCUT2D eigenvalue weighted by atomic mass is 79.9. The Bertz CT molecular complexity index is 827. The van der Waals surface area contributed by atoms with Gasteiger partial charge in [-0.2, -0.15) is 0 Å². The molecule has 2 unspecified atom stereocenters. The van der Waals surface area contributed by atoms with Crippen molar-refractivity contribution in [3.63, 3.8) is 0 Å². The zero-order chi connectivity index (χ0) is 19.8. The summed E-state index contributed by atoms with van der Waals surface area (Å²) in [4.78, 5) is 18.1. The first-order valence-corrected chi connectivity index (χ1v) is 11.7. The summed E-state index contributed by atoms with van der Waals surface area (Å²) < 4.78 is 2.22. The molecule has 0 fully saturated rings. The van der Waals surface area contributed by atoms with E-state index in [0.29, 0.717) is 5.78 Å². The van der Waals surface area contributed by atoms with Crippen LogP contribution in [0.25, 0.3) is 0 Å². The van der Waals surface area contributed by atoms with E-state index in [1.807, 2.05) is 0 Å². The van der Waals surface area contributed by atoms with Gasteiger partial charge in [-0.25, -0.2) is 0 Å². The number of rotatable bonds is 4. The molecule has 0 N–H and O–H groups in total. The molecule has 3 nitrogen and oxygen atoms in total. The van der Waals surface area contributed by atoms with E-state index in [4.69, 9.17) is 0 Å². The van der Waals surface area contributed by atoms with E-state index in [1.165, 1.54) is 22.5 Å². The van der Waals surface area contributed by atoms with Gasteiger partial charge in [0.15, 0.2) is 5.78 Å².